The number of aliphatic hydroxyl groups excluding tert-OH is 4. The van der Waals surface area contributed by atoms with Gasteiger partial charge in [-0.25, -0.2) is 0 Å². The van der Waals surface area contributed by atoms with Crippen LogP contribution in [0, 0.1) is 0 Å². The van der Waals surface area contributed by atoms with Crippen molar-refractivity contribution in [3.05, 3.63) is 108 Å². The molecule has 35 heavy (non-hydrogen) atoms. The van der Waals surface area contributed by atoms with Gasteiger partial charge in [0.05, 0.1) is 24.9 Å². The second-order valence-corrected chi connectivity index (χ2v) is 9.04. The van der Waals surface area contributed by atoms with E-state index in [0.29, 0.717) is 45.1 Å². The maximum absolute atomic E-state index is 10.6. The highest BCUT2D eigenvalue weighted by Gasteiger charge is 2.37. The molecule has 0 saturated heterocycles. The molecule has 3 rings (SSSR count). The summed E-state index contributed by atoms with van der Waals surface area (Å²) in [6.45, 7) is 0.275. The van der Waals surface area contributed by atoms with Crippen molar-refractivity contribution in [2.45, 2.75) is 62.4 Å². The van der Waals surface area contributed by atoms with E-state index in [9.17, 15) is 15.3 Å². The lowest BCUT2D eigenvalue weighted by Gasteiger charge is -2.36. The van der Waals surface area contributed by atoms with Crippen LogP contribution in [0.5, 0.6) is 0 Å². The second-order valence-electron chi connectivity index (χ2n) is 9.04. The van der Waals surface area contributed by atoms with Crippen molar-refractivity contribution >= 4 is 0 Å². The van der Waals surface area contributed by atoms with E-state index in [1.165, 1.54) is 0 Å². The van der Waals surface area contributed by atoms with Gasteiger partial charge in [-0.1, -0.05) is 91.0 Å². The van der Waals surface area contributed by atoms with Gasteiger partial charge in [-0.15, -0.1) is 0 Å². The normalized spacial score (nSPS) is 14.4. The van der Waals surface area contributed by atoms with Gasteiger partial charge in [0.25, 0.3) is 0 Å². The van der Waals surface area contributed by atoms with Gasteiger partial charge in [0.15, 0.2) is 0 Å². The zero-order valence-corrected chi connectivity index (χ0v) is 20.2. The predicted molar refractivity (Wildman–Crippen MR) is 138 cm³/mol. The summed E-state index contributed by atoms with van der Waals surface area (Å²) in [6, 6.07) is 30.4. The van der Waals surface area contributed by atoms with Crippen LogP contribution in [0.25, 0.3) is 0 Å². The Kier molecular flexibility index (Phi) is 10.9. The molecule has 3 unspecified atom stereocenters. The van der Waals surface area contributed by atoms with Gasteiger partial charge >= 0.3 is 0 Å². The summed E-state index contributed by atoms with van der Waals surface area (Å²) < 4.78 is 6.69. The average molecular weight is 479 g/mol. The SMILES string of the molecule is OCCC(O)CCC(O)CCC(O)CCOC(c1ccccc1)(c1ccccc1)c1ccccc1. The highest BCUT2D eigenvalue weighted by molar-refractivity contribution is 5.47. The van der Waals surface area contributed by atoms with Crippen molar-refractivity contribution in [3.63, 3.8) is 0 Å². The molecule has 0 aliphatic rings. The number of aliphatic hydroxyl groups is 4. The fraction of sp³-hybridized carbons (Fsp3) is 0.400. The highest BCUT2D eigenvalue weighted by Crippen LogP contribution is 2.40. The Morgan fingerprint density at radius 3 is 1.23 bits per heavy atom. The fourth-order valence-electron chi connectivity index (χ4n) is 4.47. The van der Waals surface area contributed by atoms with Crippen LogP contribution >= 0.6 is 0 Å². The van der Waals surface area contributed by atoms with Crippen LogP contribution < -0.4 is 0 Å². The zero-order valence-electron chi connectivity index (χ0n) is 20.2. The molecule has 3 aromatic rings. The topological polar surface area (TPSA) is 90.2 Å². The lowest BCUT2D eigenvalue weighted by Crippen LogP contribution is -2.34. The molecule has 0 aliphatic heterocycles. The first-order chi connectivity index (χ1) is 17.1. The first-order valence-corrected chi connectivity index (χ1v) is 12.5. The number of hydrogen-bond donors (Lipinski definition) is 4. The highest BCUT2D eigenvalue weighted by atomic mass is 16.5. The summed E-state index contributed by atoms with van der Waals surface area (Å²) in [5.41, 5.74) is 2.24. The van der Waals surface area contributed by atoms with Crippen LogP contribution in [0.3, 0.4) is 0 Å². The van der Waals surface area contributed by atoms with Crippen LogP contribution in [-0.4, -0.2) is 52.0 Å². The predicted octanol–water partition coefficient (Wildman–Crippen LogP) is 4.41. The molecular weight excluding hydrogens is 440 g/mol. The zero-order chi connectivity index (χ0) is 24.9. The lowest BCUT2D eigenvalue weighted by atomic mass is 9.80. The van der Waals surface area contributed by atoms with Crippen molar-refractivity contribution in [1.82, 2.24) is 0 Å². The summed E-state index contributed by atoms with van der Waals surface area (Å²) in [5, 5.41) is 39.4. The summed E-state index contributed by atoms with van der Waals surface area (Å²) in [7, 11) is 0. The van der Waals surface area contributed by atoms with E-state index < -0.39 is 23.9 Å². The minimum Gasteiger partial charge on any atom is -0.396 e. The van der Waals surface area contributed by atoms with E-state index in [1.54, 1.807) is 0 Å². The monoisotopic (exact) mass is 478 g/mol. The van der Waals surface area contributed by atoms with Gasteiger partial charge in [0, 0.05) is 6.61 Å². The number of rotatable bonds is 15. The van der Waals surface area contributed by atoms with Gasteiger partial charge < -0.3 is 25.2 Å². The third-order valence-electron chi connectivity index (χ3n) is 6.44. The van der Waals surface area contributed by atoms with Crippen molar-refractivity contribution in [2.24, 2.45) is 0 Å². The molecule has 188 valence electrons. The maximum atomic E-state index is 10.6. The molecule has 5 heteroatoms. The van der Waals surface area contributed by atoms with Crippen LogP contribution in [0.4, 0.5) is 0 Å². The van der Waals surface area contributed by atoms with E-state index >= 15 is 0 Å². The molecule has 0 radical (unpaired) electrons. The van der Waals surface area contributed by atoms with Crippen molar-refractivity contribution in [1.29, 1.82) is 0 Å². The molecule has 3 atom stereocenters. The Labute approximate surface area is 208 Å². The van der Waals surface area contributed by atoms with Crippen LogP contribution in [0.1, 0.15) is 55.2 Å². The van der Waals surface area contributed by atoms with Gasteiger partial charge in [-0.2, -0.15) is 0 Å². The van der Waals surface area contributed by atoms with Crippen molar-refractivity contribution in [3.8, 4) is 0 Å². The van der Waals surface area contributed by atoms with Gasteiger partial charge in [-0.05, 0) is 55.2 Å². The van der Waals surface area contributed by atoms with Crippen molar-refractivity contribution in [2.75, 3.05) is 13.2 Å². The molecule has 0 aliphatic carbocycles. The Morgan fingerprint density at radius 2 is 0.857 bits per heavy atom. The van der Waals surface area contributed by atoms with E-state index in [0.717, 1.165) is 16.7 Å². The first-order valence-electron chi connectivity index (χ1n) is 12.5. The molecule has 3 aromatic carbocycles. The van der Waals surface area contributed by atoms with Crippen LogP contribution in [-0.2, 0) is 10.3 Å². The third kappa shape index (κ3) is 7.72. The molecule has 0 spiro atoms. The number of hydrogen-bond acceptors (Lipinski definition) is 5. The third-order valence-corrected chi connectivity index (χ3v) is 6.44. The summed E-state index contributed by atoms with van der Waals surface area (Å²) >= 11 is 0. The van der Waals surface area contributed by atoms with E-state index in [1.807, 2.05) is 54.6 Å². The minimum absolute atomic E-state index is 0.0631. The van der Waals surface area contributed by atoms with E-state index in [4.69, 9.17) is 9.84 Å². The smallest absolute Gasteiger partial charge is 0.143 e. The largest absolute Gasteiger partial charge is 0.396 e. The van der Waals surface area contributed by atoms with E-state index in [2.05, 4.69) is 36.4 Å². The van der Waals surface area contributed by atoms with Gasteiger partial charge in [0.1, 0.15) is 5.60 Å². The average Bonchev–Trinajstić information content (AvgIpc) is 2.90. The number of benzene rings is 3. The summed E-state index contributed by atoms with van der Waals surface area (Å²) in [6.07, 6.45) is 0.757. The molecule has 5 nitrogen and oxygen atoms in total. The Morgan fingerprint density at radius 1 is 0.514 bits per heavy atom. The van der Waals surface area contributed by atoms with E-state index in [-0.39, 0.29) is 6.61 Å². The molecule has 0 aromatic heterocycles. The molecule has 0 bridgehead atoms. The quantitative estimate of drug-likeness (QED) is 0.243. The standard InChI is InChI=1S/C30H38O5/c31-22-20-28(33)18-16-27(32)17-19-29(34)21-23-35-30(24-10-4-1-5-11-24,25-12-6-2-7-13-25)26-14-8-3-9-15-26/h1-15,27-29,31-34H,16-23H2. The lowest BCUT2D eigenvalue weighted by molar-refractivity contribution is -0.00857. The first kappa shape index (κ1) is 27.1. The molecule has 0 fully saturated rings. The number of ether oxygens (including phenoxy) is 1. The second kappa shape index (κ2) is 14.1. The van der Waals surface area contributed by atoms with Crippen LogP contribution in [0.15, 0.2) is 91.0 Å². The Balaban J connectivity index is 1.68. The Hall–Kier alpha value is -2.54. The minimum atomic E-state index is -0.814. The van der Waals surface area contributed by atoms with Gasteiger partial charge in [0.2, 0.25) is 0 Å². The van der Waals surface area contributed by atoms with Crippen LogP contribution in [0.2, 0.25) is 0 Å². The molecule has 0 amide bonds. The molecule has 0 heterocycles. The summed E-state index contributed by atoms with van der Waals surface area (Å²) in [4.78, 5) is 0. The maximum Gasteiger partial charge on any atom is 0.143 e. The van der Waals surface area contributed by atoms with Crippen molar-refractivity contribution < 1.29 is 25.2 Å². The Bertz CT molecular complexity index is 852. The molecule has 4 N–H and O–H groups in total. The fourth-order valence-corrected chi connectivity index (χ4v) is 4.47. The molecule has 0 saturated carbocycles. The van der Waals surface area contributed by atoms with Gasteiger partial charge in [-0.3, -0.25) is 0 Å². The molecular formula is C30H38O5. The summed E-state index contributed by atoms with van der Waals surface area (Å²) in [5.74, 6) is 0.